The molecule has 1 aliphatic rings. The number of nitrogens with zero attached hydrogens (tertiary/aromatic N) is 2. The molecule has 0 saturated heterocycles. The van der Waals surface area contributed by atoms with E-state index in [1.807, 2.05) is 0 Å². The van der Waals surface area contributed by atoms with Crippen molar-refractivity contribution in [3.05, 3.63) is 29.6 Å². The van der Waals surface area contributed by atoms with Gasteiger partial charge >= 0.3 is 0 Å². The molecule has 108 valence electrons. The van der Waals surface area contributed by atoms with Gasteiger partial charge in [-0.15, -0.1) is 11.6 Å². The summed E-state index contributed by atoms with van der Waals surface area (Å²) in [5, 5.41) is 0. The average molecular weight is 291 g/mol. The summed E-state index contributed by atoms with van der Waals surface area (Å²) in [5.74, 6) is 2.41. The van der Waals surface area contributed by atoms with Crippen LogP contribution in [-0.4, -0.2) is 9.55 Å². The van der Waals surface area contributed by atoms with Gasteiger partial charge in [0.15, 0.2) is 0 Å². The lowest BCUT2D eigenvalue weighted by molar-refractivity contribution is 0.324. The minimum atomic E-state index is 0.498. The van der Waals surface area contributed by atoms with Crippen molar-refractivity contribution < 1.29 is 0 Å². The molecule has 0 amide bonds. The number of aryl methyl sites for hydroxylation is 2. The number of benzene rings is 1. The van der Waals surface area contributed by atoms with E-state index in [2.05, 4.69) is 34.7 Å². The summed E-state index contributed by atoms with van der Waals surface area (Å²) in [4.78, 5) is 4.67. The molecule has 1 aliphatic carbocycles. The van der Waals surface area contributed by atoms with Crippen molar-refractivity contribution in [2.24, 2.45) is 5.92 Å². The highest BCUT2D eigenvalue weighted by atomic mass is 35.5. The van der Waals surface area contributed by atoms with Gasteiger partial charge < -0.3 is 4.57 Å². The summed E-state index contributed by atoms with van der Waals surface area (Å²) in [6, 6.07) is 6.47. The molecular weight excluding hydrogens is 268 g/mol. The Hall–Kier alpha value is -1.02. The van der Waals surface area contributed by atoms with Gasteiger partial charge in [-0.3, -0.25) is 0 Å². The van der Waals surface area contributed by atoms with Gasteiger partial charge in [0.1, 0.15) is 5.82 Å². The van der Waals surface area contributed by atoms with Crippen LogP contribution < -0.4 is 0 Å². The molecule has 3 rings (SSSR count). The molecule has 1 aromatic carbocycles. The molecule has 0 spiro atoms. The molecule has 0 unspecified atom stereocenters. The minimum Gasteiger partial charge on any atom is -0.327 e. The highest BCUT2D eigenvalue weighted by Crippen LogP contribution is 2.28. The first-order valence-electron chi connectivity index (χ1n) is 7.79. The standard InChI is InChI=1S/C17H23ClN2/c1-13-7-8-15-16(11-13)20(17(12-18)19-15)10-9-14-5-3-2-4-6-14/h7-8,11,14H,2-6,9-10,12H2,1H3. The van der Waals surface area contributed by atoms with Crippen LogP contribution in [0.4, 0.5) is 0 Å². The first-order chi connectivity index (χ1) is 9.78. The van der Waals surface area contributed by atoms with Crippen molar-refractivity contribution in [2.75, 3.05) is 0 Å². The lowest BCUT2D eigenvalue weighted by atomic mass is 9.87. The number of aromatic nitrogens is 2. The van der Waals surface area contributed by atoms with Crippen LogP contribution in [0.25, 0.3) is 11.0 Å². The summed E-state index contributed by atoms with van der Waals surface area (Å²) in [7, 11) is 0. The highest BCUT2D eigenvalue weighted by molar-refractivity contribution is 6.16. The quantitative estimate of drug-likeness (QED) is 0.720. The van der Waals surface area contributed by atoms with Crippen LogP contribution in [0.3, 0.4) is 0 Å². The smallest absolute Gasteiger partial charge is 0.124 e. The average Bonchev–Trinajstić information content (AvgIpc) is 2.83. The van der Waals surface area contributed by atoms with E-state index in [-0.39, 0.29) is 0 Å². The second-order valence-corrected chi connectivity index (χ2v) is 6.37. The van der Waals surface area contributed by atoms with E-state index in [4.69, 9.17) is 11.6 Å². The maximum Gasteiger partial charge on any atom is 0.124 e. The third-order valence-electron chi connectivity index (χ3n) is 4.59. The topological polar surface area (TPSA) is 17.8 Å². The fourth-order valence-electron chi connectivity index (χ4n) is 3.42. The predicted molar refractivity (Wildman–Crippen MR) is 85.2 cm³/mol. The Kier molecular flexibility index (Phi) is 4.30. The van der Waals surface area contributed by atoms with Gasteiger partial charge in [0.05, 0.1) is 16.9 Å². The Bertz CT molecular complexity index is 582. The van der Waals surface area contributed by atoms with Crippen molar-refractivity contribution in [1.82, 2.24) is 9.55 Å². The molecule has 0 aliphatic heterocycles. The van der Waals surface area contributed by atoms with Crippen LogP contribution in [0.5, 0.6) is 0 Å². The lowest BCUT2D eigenvalue weighted by Crippen LogP contribution is -2.11. The van der Waals surface area contributed by atoms with Crippen molar-refractivity contribution in [3.63, 3.8) is 0 Å². The zero-order valence-corrected chi connectivity index (χ0v) is 13.0. The maximum atomic E-state index is 6.08. The number of imidazole rings is 1. The minimum absolute atomic E-state index is 0.498. The first-order valence-corrected chi connectivity index (χ1v) is 8.33. The van der Waals surface area contributed by atoms with E-state index in [9.17, 15) is 0 Å². The maximum absolute atomic E-state index is 6.08. The van der Waals surface area contributed by atoms with Crippen molar-refractivity contribution in [3.8, 4) is 0 Å². The zero-order valence-electron chi connectivity index (χ0n) is 12.2. The molecule has 0 radical (unpaired) electrons. The molecule has 1 aromatic heterocycles. The van der Waals surface area contributed by atoms with Gasteiger partial charge in [-0.2, -0.15) is 0 Å². The Morgan fingerprint density at radius 3 is 2.80 bits per heavy atom. The number of hydrogen-bond acceptors (Lipinski definition) is 1. The summed E-state index contributed by atoms with van der Waals surface area (Å²) in [6.45, 7) is 3.20. The van der Waals surface area contributed by atoms with Gasteiger partial charge in [0.2, 0.25) is 0 Å². The van der Waals surface area contributed by atoms with E-state index in [1.165, 1.54) is 49.6 Å². The molecule has 1 fully saturated rings. The molecule has 0 bridgehead atoms. The van der Waals surface area contributed by atoms with E-state index in [0.29, 0.717) is 5.88 Å². The van der Waals surface area contributed by atoms with Crippen molar-refractivity contribution in [1.29, 1.82) is 0 Å². The van der Waals surface area contributed by atoms with Crippen LogP contribution in [0.2, 0.25) is 0 Å². The number of rotatable bonds is 4. The largest absolute Gasteiger partial charge is 0.327 e. The second-order valence-electron chi connectivity index (χ2n) is 6.10. The number of halogens is 1. The first kappa shape index (κ1) is 13.9. The van der Waals surface area contributed by atoms with Gasteiger partial charge in [-0.1, -0.05) is 38.2 Å². The Labute approximate surface area is 126 Å². The SMILES string of the molecule is Cc1ccc2nc(CCl)n(CCC3CCCCC3)c2c1. The molecule has 0 N–H and O–H groups in total. The van der Waals surface area contributed by atoms with Crippen LogP contribution in [-0.2, 0) is 12.4 Å². The fraction of sp³-hybridized carbons (Fsp3) is 0.588. The summed E-state index contributed by atoms with van der Waals surface area (Å²) in [6.07, 6.45) is 8.33. The lowest BCUT2D eigenvalue weighted by Gasteiger charge is -2.22. The van der Waals surface area contributed by atoms with E-state index in [1.54, 1.807) is 0 Å². The molecule has 3 heteroatoms. The van der Waals surface area contributed by atoms with Crippen molar-refractivity contribution in [2.45, 2.75) is 57.9 Å². The molecule has 2 aromatic rings. The Morgan fingerprint density at radius 2 is 2.05 bits per heavy atom. The third kappa shape index (κ3) is 2.85. The van der Waals surface area contributed by atoms with E-state index in [0.717, 1.165) is 23.8 Å². The number of hydrogen-bond donors (Lipinski definition) is 0. The number of alkyl halides is 1. The Balaban J connectivity index is 1.83. The summed E-state index contributed by atoms with van der Waals surface area (Å²) < 4.78 is 2.34. The normalized spacial score (nSPS) is 16.9. The third-order valence-corrected chi connectivity index (χ3v) is 4.83. The molecule has 20 heavy (non-hydrogen) atoms. The monoisotopic (exact) mass is 290 g/mol. The van der Waals surface area contributed by atoms with Crippen LogP contribution in [0.1, 0.15) is 49.9 Å². The summed E-state index contributed by atoms with van der Waals surface area (Å²) in [5.41, 5.74) is 3.61. The molecular formula is C17H23ClN2. The van der Waals surface area contributed by atoms with Crippen molar-refractivity contribution >= 4 is 22.6 Å². The predicted octanol–water partition coefficient (Wildman–Crippen LogP) is 5.05. The molecule has 1 saturated carbocycles. The molecule has 1 heterocycles. The molecule has 0 atom stereocenters. The summed E-state index contributed by atoms with van der Waals surface area (Å²) >= 11 is 6.08. The van der Waals surface area contributed by atoms with E-state index < -0.39 is 0 Å². The van der Waals surface area contributed by atoms with Gasteiger partial charge in [-0.05, 0) is 37.0 Å². The van der Waals surface area contributed by atoms with Gasteiger partial charge in [0.25, 0.3) is 0 Å². The van der Waals surface area contributed by atoms with Crippen LogP contribution >= 0.6 is 11.6 Å². The van der Waals surface area contributed by atoms with Crippen LogP contribution in [0.15, 0.2) is 18.2 Å². The Morgan fingerprint density at radius 1 is 1.25 bits per heavy atom. The fourth-order valence-corrected chi connectivity index (χ4v) is 3.63. The van der Waals surface area contributed by atoms with E-state index >= 15 is 0 Å². The molecule has 2 nitrogen and oxygen atoms in total. The van der Waals surface area contributed by atoms with Crippen LogP contribution in [0, 0.1) is 12.8 Å². The highest BCUT2D eigenvalue weighted by Gasteiger charge is 2.15. The second kappa shape index (κ2) is 6.17. The number of fused-ring (bicyclic) bond motifs is 1. The van der Waals surface area contributed by atoms with Gasteiger partial charge in [-0.25, -0.2) is 4.98 Å². The zero-order chi connectivity index (χ0) is 13.9. The van der Waals surface area contributed by atoms with Gasteiger partial charge in [0, 0.05) is 6.54 Å².